The van der Waals surface area contributed by atoms with Crippen LogP contribution in [0.2, 0.25) is 0 Å². The van der Waals surface area contributed by atoms with Crippen LogP contribution in [0.1, 0.15) is 26.3 Å². The molecule has 3 aromatic rings. The smallest absolute Gasteiger partial charge is 0.336 e. The SMILES string of the molecule is Cc1cc(C(=O)O)c(-c2ccc3ccccc3c2)c(C(=O)O)c1. The molecule has 0 radical (unpaired) electrons. The summed E-state index contributed by atoms with van der Waals surface area (Å²) in [5, 5.41) is 20.9. The van der Waals surface area contributed by atoms with E-state index in [4.69, 9.17) is 0 Å². The predicted octanol–water partition coefficient (Wildman–Crippen LogP) is 4.21. The van der Waals surface area contributed by atoms with Crippen LogP contribution >= 0.6 is 0 Å². The number of benzene rings is 3. The molecule has 0 unspecified atom stereocenters. The molecule has 114 valence electrons. The molecule has 0 bridgehead atoms. The van der Waals surface area contributed by atoms with E-state index >= 15 is 0 Å². The van der Waals surface area contributed by atoms with Crippen LogP contribution in [0.25, 0.3) is 21.9 Å². The molecule has 0 spiro atoms. The van der Waals surface area contributed by atoms with Crippen molar-refractivity contribution in [2.24, 2.45) is 0 Å². The Hall–Kier alpha value is -3.14. The van der Waals surface area contributed by atoms with Crippen LogP contribution in [0.4, 0.5) is 0 Å². The molecule has 0 saturated heterocycles. The number of carbonyl (C=O) groups is 2. The molecule has 23 heavy (non-hydrogen) atoms. The van der Waals surface area contributed by atoms with E-state index in [0.717, 1.165) is 10.8 Å². The third kappa shape index (κ3) is 2.66. The van der Waals surface area contributed by atoms with Gasteiger partial charge in [0.15, 0.2) is 0 Å². The number of carboxylic acids is 2. The maximum atomic E-state index is 11.6. The summed E-state index contributed by atoms with van der Waals surface area (Å²) in [6.45, 7) is 1.68. The van der Waals surface area contributed by atoms with Gasteiger partial charge >= 0.3 is 11.9 Å². The molecule has 3 rings (SSSR count). The standard InChI is InChI=1S/C19H14O4/c1-11-8-15(18(20)21)17(16(9-11)19(22)23)14-7-6-12-4-2-3-5-13(12)10-14/h2-10H,1H3,(H,20,21)(H,22,23). The number of hydrogen-bond donors (Lipinski definition) is 2. The highest BCUT2D eigenvalue weighted by Gasteiger charge is 2.21. The summed E-state index contributed by atoms with van der Waals surface area (Å²) in [6.07, 6.45) is 0. The van der Waals surface area contributed by atoms with Crippen molar-refractivity contribution in [2.45, 2.75) is 6.92 Å². The summed E-state index contributed by atoms with van der Waals surface area (Å²) < 4.78 is 0. The van der Waals surface area contributed by atoms with E-state index < -0.39 is 11.9 Å². The Bertz CT molecular complexity index is 906. The van der Waals surface area contributed by atoms with Crippen LogP contribution in [0.3, 0.4) is 0 Å². The Morgan fingerprint density at radius 3 is 1.91 bits per heavy atom. The van der Waals surface area contributed by atoms with Gasteiger partial charge in [-0.3, -0.25) is 0 Å². The van der Waals surface area contributed by atoms with Gasteiger partial charge in [0.1, 0.15) is 0 Å². The fraction of sp³-hybridized carbons (Fsp3) is 0.0526. The van der Waals surface area contributed by atoms with Crippen LogP contribution in [0.15, 0.2) is 54.6 Å². The van der Waals surface area contributed by atoms with Crippen molar-refractivity contribution in [1.82, 2.24) is 0 Å². The average Bonchev–Trinajstić information content (AvgIpc) is 2.53. The molecule has 0 aliphatic carbocycles. The second-order valence-electron chi connectivity index (χ2n) is 5.41. The van der Waals surface area contributed by atoms with Crippen molar-refractivity contribution >= 4 is 22.7 Å². The first-order chi connectivity index (χ1) is 11.0. The largest absolute Gasteiger partial charge is 0.478 e. The molecule has 0 aromatic heterocycles. The second-order valence-corrected chi connectivity index (χ2v) is 5.41. The van der Waals surface area contributed by atoms with Gasteiger partial charge in [-0.1, -0.05) is 36.4 Å². The molecule has 0 aliphatic rings. The maximum absolute atomic E-state index is 11.6. The van der Waals surface area contributed by atoms with Crippen molar-refractivity contribution in [1.29, 1.82) is 0 Å². The minimum atomic E-state index is -1.14. The average molecular weight is 306 g/mol. The molecule has 0 fully saturated rings. The van der Waals surface area contributed by atoms with E-state index in [1.165, 1.54) is 12.1 Å². The summed E-state index contributed by atoms with van der Waals surface area (Å²) in [5.41, 5.74) is 1.42. The molecule has 3 aromatic carbocycles. The number of hydrogen-bond acceptors (Lipinski definition) is 2. The molecular weight excluding hydrogens is 292 g/mol. The molecule has 0 amide bonds. The van der Waals surface area contributed by atoms with Gasteiger partial charge in [0.2, 0.25) is 0 Å². The first kappa shape index (κ1) is 14.8. The number of aryl methyl sites for hydroxylation is 1. The van der Waals surface area contributed by atoms with Gasteiger partial charge in [0, 0.05) is 5.56 Å². The molecule has 0 saturated carbocycles. The van der Waals surface area contributed by atoms with Gasteiger partial charge in [-0.05, 0) is 47.0 Å². The maximum Gasteiger partial charge on any atom is 0.336 e. The first-order valence-electron chi connectivity index (χ1n) is 7.08. The Morgan fingerprint density at radius 2 is 1.35 bits per heavy atom. The van der Waals surface area contributed by atoms with E-state index in [9.17, 15) is 19.8 Å². The molecule has 4 nitrogen and oxygen atoms in total. The van der Waals surface area contributed by atoms with Crippen LogP contribution in [-0.4, -0.2) is 22.2 Å². The van der Waals surface area contributed by atoms with Crippen molar-refractivity contribution in [3.05, 3.63) is 71.3 Å². The first-order valence-corrected chi connectivity index (χ1v) is 7.08. The van der Waals surface area contributed by atoms with E-state index in [-0.39, 0.29) is 16.7 Å². The fourth-order valence-electron chi connectivity index (χ4n) is 2.78. The third-order valence-electron chi connectivity index (χ3n) is 3.78. The monoisotopic (exact) mass is 306 g/mol. The quantitative estimate of drug-likeness (QED) is 0.760. The minimum absolute atomic E-state index is 0.00215. The fourth-order valence-corrected chi connectivity index (χ4v) is 2.78. The summed E-state index contributed by atoms with van der Waals surface area (Å²) in [6, 6.07) is 16.1. The number of fused-ring (bicyclic) bond motifs is 1. The number of rotatable bonds is 3. The molecule has 0 atom stereocenters. The van der Waals surface area contributed by atoms with Gasteiger partial charge in [-0.15, -0.1) is 0 Å². The highest BCUT2D eigenvalue weighted by atomic mass is 16.4. The van der Waals surface area contributed by atoms with Crippen molar-refractivity contribution in [3.8, 4) is 11.1 Å². The number of carboxylic acid groups (broad SMARTS) is 2. The summed E-state index contributed by atoms with van der Waals surface area (Å²) >= 11 is 0. The highest BCUT2D eigenvalue weighted by Crippen LogP contribution is 2.31. The zero-order chi connectivity index (χ0) is 16.6. The second kappa shape index (κ2) is 5.57. The lowest BCUT2D eigenvalue weighted by Gasteiger charge is -2.12. The van der Waals surface area contributed by atoms with Crippen LogP contribution in [0, 0.1) is 6.92 Å². The van der Waals surface area contributed by atoms with Crippen molar-refractivity contribution in [3.63, 3.8) is 0 Å². The zero-order valence-corrected chi connectivity index (χ0v) is 12.4. The van der Waals surface area contributed by atoms with Crippen LogP contribution < -0.4 is 0 Å². The summed E-state index contributed by atoms with van der Waals surface area (Å²) in [5.74, 6) is -2.28. The van der Waals surface area contributed by atoms with Crippen molar-refractivity contribution in [2.75, 3.05) is 0 Å². The van der Waals surface area contributed by atoms with Crippen LogP contribution in [-0.2, 0) is 0 Å². The normalized spacial score (nSPS) is 10.7. The van der Waals surface area contributed by atoms with E-state index in [1.54, 1.807) is 13.0 Å². The van der Waals surface area contributed by atoms with Crippen molar-refractivity contribution < 1.29 is 19.8 Å². The van der Waals surface area contributed by atoms with Gasteiger partial charge in [-0.2, -0.15) is 0 Å². The molecular formula is C19H14O4. The Balaban J connectivity index is 2.35. The Morgan fingerprint density at radius 1 is 0.783 bits per heavy atom. The Kier molecular flexibility index (Phi) is 3.58. The van der Waals surface area contributed by atoms with Gasteiger partial charge in [-0.25, -0.2) is 9.59 Å². The molecule has 4 heteroatoms. The lowest BCUT2D eigenvalue weighted by Crippen LogP contribution is -2.08. The van der Waals surface area contributed by atoms with E-state index in [0.29, 0.717) is 11.1 Å². The summed E-state index contributed by atoms with van der Waals surface area (Å²) in [4.78, 5) is 23.2. The van der Waals surface area contributed by atoms with E-state index in [2.05, 4.69) is 0 Å². The number of aromatic carboxylic acids is 2. The molecule has 0 heterocycles. The van der Waals surface area contributed by atoms with E-state index in [1.807, 2.05) is 36.4 Å². The lowest BCUT2D eigenvalue weighted by molar-refractivity contribution is 0.0696. The van der Waals surface area contributed by atoms with Crippen LogP contribution in [0.5, 0.6) is 0 Å². The lowest BCUT2D eigenvalue weighted by atomic mass is 9.91. The summed E-state index contributed by atoms with van der Waals surface area (Å²) in [7, 11) is 0. The molecule has 0 aliphatic heterocycles. The highest BCUT2D eigenvalue weighted by molar-refractivity contribution is 6.06. The predicted molar refractivity (Wildman–Crippen MR) is 88.0 cm³/mol. The van der Waals surface area contributed by atoms with Gasteiger partial charge < -0.3 is 10.2 Å². The molecule has 2 N–H and O–H groups in total. The third-order valence-corrected chi connectivity index (χ3v) is 3.78. The minimum Gasteiger partial charge on any atom is -0.478 e. The Labute approximate surface area is 132 Å². The zero-order valence-electron chi connectivity index (χ0n) is 12.4. The van der Waals surface area contributed by atoms with Gasteiger partial charge in [0.25, 0.3) is 0 Å². The topological polar surface area (TPSA) is 74.6 Å². The van der Waals surface area contributed by atoms with Gasteiger partial charge in [0.05, 0.1) is 11.1 Å².